The van der Waals surface area contributed by atoms with Crippen LogP contribution < -0.4 is 10.3 Å². The van der Waals surface area contributed by atoms with E-state index < -0.39 is 0 Å². The van der Waals surface area contributed by atoms with Gasteiger partial charge in [-0.2, -0.15) is 4.98 Å². The van der Waals surface area contributed by atoms with Crippen molar-refractivity contribution in [2.45, 2.75) is 24.4 Å². The molecule has 0 fully saturated rings. The lowest BCUT2D eigenvalue weighted by Gasteiger charge is -2.13. The number of fused-ring (bicyclic) bond motifs is 1. The molecule has 0 N–H and O–H groups in total. The van der Waals surface area contributed by atoms with Crippen LogP contribution in [0, 0.1) is 6.92 Å². The topological polar surface area (TPSA) is 83.0 Å². The molecule has 0 aliphatic carbocycles. The summed E-state index contributed by atoms with van der Waals surface area (Å²) in [5, 5.41) is 5.27. The molecule has 0 atom stereocenters. The number of hydrogen-bond donors (Lipinski definition) is 0. The van der Waals surface area contributed by atoms with E-state index >= 15 is 0 Å². The fourth-order valence-corrected chi connectivity index (χ4v) is 4.45. The van der Waals surface area contributed by atoms with Crippen LogP contribution >= 0.6 is 11.8 Å². The number of thioether (sulfide) groups is 1. The molecule has 2 aromatic heterocycles. The first-order valence-corrected chi connectivity index (χ1v) is 11.7. The third-order valence-corrected chi connectivity index (χ3v) is 6.37. The van der Waals surface area contributed by atoms with E-state index in [-0.39, 0.29) is 5.56 Å². The van der Waals surface area contributed by atoms with Crippen molar-refractivity contribution in [1.29, 1.82) is 0 Å². The van der Waals surface area contributed by atoms with Crippen molar-refractivity contribution < 1.29 is 9.26 Å². The highest BCUT2D eigenvalue weighted by molar-refractivity contribution is 7.98. The third kappa shape index (κ3) is 4.58. The van der Waals surface area contributed by atoms with Gasteiger partial charge in [-0.1, -0.05) is 71.0 Å². The largest absolute Gasteiger partial charge is 0.497 e. The summed E-state index contributed by atoms with van der Waals surface area (Å²) in [4.78, 5) is 22.6. The van der Waals surface area contributed by atoms with E-state index in [9.17, 15) is 4.79 Å². The molecule has 170 valence electrons. The van der Waals surface area contributed by atoms with E-state index in [2.05, 4.69) is 10.1 Å². The van der Waals surface area contributed by atoms with E-state index in [1.54, 1.807) is 17.7 Å². The van der Waals surface area contributed by atoms with Gasteiger partial charge in [0.05, 0.1) is 30.3 Å². The van der Waals surface area contributed by atoms with Crippen LogP contribution in [0.15, 0.2) is 87.3 Å². The average molecular weight is 471 g/mol. The van der Waals surface area contributed by atoms with Crippen molar-refractivity contribution in [2.75, 3.05) is 7.11 Å². The number of rotatable bonds is 7. The SMILES string of the molecule is COc1cccc(Cn2c(SCc3nc(-c4ccc(C)cc4)no3)nc3ccccc3c2=O)c1. The summed E-state index contributed by atoms with van der Waals surface area (Å²) < 4.78 is 12.5. The van der Waals surface area contributed by atoms with Crippen molar-refractivity contribution in [1.82, 2.24) is 19.7 Å². The van der Waals surface area contributed by atoms with Gasteiger partial charge in [0.25, 0.3) is 5.56 Å². The van der Waals surface area contributed by atoms with Gasteiger partial charge in [0.2, 0.25) is 11.7 Å². The fourth-order valence-electron chi connectivity index (χ4n) is 3.61. The third-order valence-electron chi connectivity index (χ3n) is 5.40. The molecule has 0 amide bonds. The first kappa shape index (κ1) is 21.9. The van der Waals surface area contributed by atoms with Gasteiger partial charge in [0, 0.05) is 5.56 Å². The van der Waals surface area contributed by atoms with Crippen molar-refractivity contribution in [2.24, 2.45) is 0 Å². The fraction of sp³-hybridized carbons (Fsp3) is 0.154. The van der Waals surface area contributed by atoms with Gasteiger partial charge in [0.15, 0.2) is 5.16 Å². The number of aromatic nitrogens is 4. The van der Waals surface area contributed by atoms with Crippen LogP contribution in [-0.2, 0) is 12.3 Å². The second kappa shape index (κ2) is 9.52. The molecule has 5 rings (SSSR count). The molecule has 34 heavy (non-hydrogen) atoms. The van der Waals surface area contributed by atoms with E-state index in [0.717, 1.165) is 16.9 Å². The number of hydrogen-bond acceptors (Lipinski definition) is 7. The maximum absolute atomic E-state index is 13.4. The average Bonchev–Trinajstić information content (AvgIpc) is 3.34. The second-order valence-electron chi connectivity index (χ2n) is 7.82. The van der Waals surface area contributed by atoms with Crippen LogP contribution in [0.4, 0.5) is 0 Å². The summed E-state index contributed by atoms with van der Waals surface area (Å²) >= 11 is 1.39. The minimum absolute atomic E-state index is 0.0956. The highest BCUT2D eigenvalue weighted by atomic mass is 32.2. The van der Waals surface area contributed by atoms with Crippen LogP contribution in [-0.4, -0.2) is 26.8 Å². The number of benzene rings is 3. The molecule has 0 bridgehead atoms. The minimum Gasteiger partial charge on any atom is -0.497 e. The Bertz CT molecular complexity index is 1510. The number of nitrogens with zero attached hydrogens (tertiary/aromatic N) is 4. The number of aryl methyl sites for hydroxylation is 1. The Balaban J connectivity index is 1.45. The Kier molecular flexibility index (Phi) is 6.14. The van der Waals surface area contributed by atoms with Crippen LogP contribution in [0.1, 0.15) is 17.0 Å². The summed E-state index contributed by atoms with van der Waals surface area (Å²) in [7, 11) is 1.62. The normalized spacial score (nSPS) is 11.1. The van der Waals surface area contributed by atoms with E-state index in [4.69, 9.17) is 14.2 Å². The smallest absolute Gasteiger partial charge is 0.262 e. The Labute approximate surface area is 200 Å². The molecule has 5 aromatic rings. The molecule has 0 aliphatic rings. The van der Waals surface area contributed by atoms with Crippen molar-refractivity contribution in [3.63, 3.8) is 0 Å². The van der Waals surface area contributed by atoms with Gasteiger partial charge < -0.3 is 9.26 Å². The molecule has 0 spiro atoms. The Morgan fingerprint density at radius 1 is 1.00 bits per heavy atom. The number of para-hydroxylation sites is 1. The van der Waals surface area contributed by atoms with Gasteiger partial charge >= 0.3 is 0 Å². The lowest BCUT2D eigenvalue weighted by Crippen LogP contribution is -2.24. The second-order valence-corrected chi connectivity index (χ2v) is 8.76. The Hall–Kier alpha value is -3.91. The quantitative estimate of drug-likeness (QED) is 0.242. The first-order valence-electron chi connectivity index (χ1n) is 10.8. The zero-order valence-electron chi connectivity index (χ0n) is 18.8. The van der Waals surface area contributed by atoms with E-state index in [1.165, 1.54) is 17.3 Å². The van der Waals surface area contributed by atoms with Crippen LogP contribution in [0.2, 0.25) is 0 Å². The van der Waals surface area contributed by atoms with Crippen molar-refractivity contribution >= 4 is 22.7 Å². The maximum Gasteiger partial charge on any atom is 0.262 e. The van der Waals surface area contributed by atoms with E-state index in [1.807, 2.05) is 73.7 Å². The molecule has 0 unspecified atom stereocenters. The Morgan fingerprint density at radius 3 is 2.65 bits per heavy atom. The molecule has 0 saturated heterocycles. The number of ether oxygens (including phenoxy) is 1. The Morgan fingerprint density at radius 2 is 1.82 bits per heavy atom. The van der Waals surface area contributed by atoms with Gasteiger partial charge in [-0.05, 0) is 36.8 Å². The van der Waals surface area contributed by atoms with Crippen molar-refractivity contribution in [3.05, 3.63) is 100 Å². The molecule has 3 aromatic carbocycles. The highest BCUT2D eigenvalue weighted by Gasteiger charge is 2.15. The lowest BCUT2D eigenvalue weighted by molar-refractivity contribution is 0.391. The van der Waals surface area contributed by atoms with Crippen LogP contribution in [0.3, 0.4) is 0 Å². The maximum atomic E-state index is 13.4. The highest BCUT2D eigenvalue weighted by Crippen LogP contribution is 2.24. The molecule has 0 radical (unpaired) electrons. The molecule has 8 heteroatoms. The summed E-state index contributed by atoms with van der Waals surface area (Å²) in [6.07, 6.45) is 0. The lowest BCUT2D eigenvalue weighted by atomic mass is 10.1. The van der Waals surface area contributed by atoms with Gasteiger partial charge in [-0.3, -0.25) is 9.36 Å². The molecule has 7 nitrogen and oxygen atoms in total. The zero-order chi connectivity index (χ0) is 23.5. The summed E-state index contributed by atoms with van der Waals surface area (Å²) in [6, 6.07) is 23.0. The molecular weight excluding hydrogens is 448 g/mol. The summed E-state index contributed by atoms with van der Waals surface area (Å²) in [5.74, 6) is 2.14. The monoisotopic (exact) mass is 470 g/mol. The zero-order valence-corrected chi connectivity index (χ0v) is 19.6. The van der Waals surface area contributed by atoms with Gasteiger partial charge in [0.1, 0.15) is 5.75 Å². The van der Waals surface area contributed by atoms with Crippen LogP contribution in [0.5, 0.6) is 5.75 Å². The molecular formula is C26H22N4O3S. The predicted octanol–water partition coefficient (Wildman–Crippen LogP) is 5.10. The van der Waals surface area contributed by atoms with Crippen molar-refractivity contribution in [3.8, 4) is 17.1 Å². The molecule has 2 heterocycles. The standard InChI is InChI=1S/C26H22N4O3S/c1-17-10-12-19(13-11-17)24-28-23(33-29-24)16-34-26-27-22-9-4-3-8-21(22)25(31)30(26)15-18-6-5-7-20(14-18)32-2/h3-14H,15-16H2,1-2H3. The predicted molar refractivity (Wildman–Crippen MR) is 132 cm³/mol. The van der Waals surface area contributed by atoms with E-state index in [0.29, 0.717) is 40.1 Å². The molecule has 0 aliphatic heterocycles. The van der Waals surface area contributed by atoms with Crippen LogP contribution in [0.25, 0.3) is 22.3 Å². The first-order chi connectivity index (χ1) is 16.6. The molecule has 0 saturated carbocycles. The summed E-state index contributed by atoms with van der Waals surface area (Å²) in [5.41, 5.74) is 3.56. The number of methoxy groups -OCH3 is 1. The summed E-state index contributed by atoms with van der Waals surface area (Å²) in [6.45, 7) is 2.40. The van der Waals surface area contributed by atoms with Gasteiger partial charge in [-0.25, -0.2) is 4.98 Å². The van der Waals surface area contributed by atoms with Gasteiger partial charge in [-0.15, -0.1) is 0 Å². The minimum atomic E-state index is -0.0956.